The van der Waals surface area contributed by atoms with Crippen molar-refractivity contribution >= 4 is 40.5 Å². The number of hydrogen-bond acceptors (Lipinski definition) is 4. The fraction of sp³-hybridized carbons (Fsp3) is 0.385. The minimum Gasteiger partial charge on any atom is -0.481 e. The number of rotatable bonds is 7. The number of aliphatic carboxylic acids is 1. The maximum Gasteiger partial charge on any atom is 0.313 e. The molecule has 0 aliphatic carbocycles. The van der Waals surface area contributed by atoms with Gasteiger partial charge in [0.05, 0.1) is 16.8 Å². The quantitative estimate of drug-likeness (QED) is 0.628. The number of hydrogen-bond donors (Lipinski definition) is 1. The van der Waals surface area contributed by atoms with Crippen LogP contribution in [0.4, 0.5) is 4.39 Å². The van der Waals surface area contributed by atoms with Crippen molar-refractivity contribution < 1.29 is 14.3 Å². The van der Waals surface area contributed by atoms with Crippen LogP contribution in [0.1, 0.15) is 6.42 Å². The Morgan fingerprint density at radius 3 is 3.00 bits per heavy atom. The lowest BCUT2D eigenvalue weighted by atomic mass is 10.3. The highest BCUT2D eigenvalue weighted by Crippen LogP contribution is 2.25. The molecule has 108 valence electrons. The Labute approximate surface area is 124 Å². The lowest BCUT2D eigenvalue weighted by Crippen LogP contribution is -2.04. The van der Waals surface area contributed by atoms with Crippen LogP contribution in [0.15, 0.2) is 23.4 Å². The van der Waals surface area contributed by atoms with Crippen LogP contribution in [0, 0.1) is 5.82 Å². The molecular formula is C13H15FN2O2S2. The zero-order chi connectivity index (χ0) is 14.5. The van der Waals surface area contributed by atoms with Gasteiger partial charge in [-0.15, -0.1) is 0 Å². The van der Waals surface area contributed by atoms with E-state index in [2.05, 4.69) is 4.98 Å². The van der Waals surface area contributed by atoms with E-state index >= 15 is 0 Å². The summed E-state index contributed by atoms with van der Waals surface area (Å²) in [5.41, 5.74) is 1.42. The Kier molecular flexibility index (Phi) is 5.31. The van der Waals surface area contributed by atoms with E-state index in [-0.39, 0.29) is 11.6 Å². The van der Waals surface area contributed by atoms with Gasteiger partial charge in [0.25, 0.3) is 0 Å². The molecule has 0 atom stereocenters. The lowest BCUT2D eigenvalue weighted by Gasteiger charge is -2.07. The van der Waals surface area contributed by atoms with Gasteiger partial charge in [0.1, 0.15) is 5.82 Å². The third kappa shape index (κ3) is 3.67. The van der Waals surface area contributed by atoms with Crippen LogP contribution in [-0.4, -0.2) is 38.4 Å². The smallest absolute Gasteiger partial charge is 0.313 e. The first-order valence-electron chi connectivity index (χ1n) is 6.11. The summed E-state index contributed by atoms with van der Waals surface area (Å²) in [6.07, 6.45) is 3.01. The van der Waals surface area contributed by atoms with Crippen molar-refractivity contribution in [1.82, 2.24) is 9.55 Å². The molecule has 2 aromatic rings. The molecule has 1 N–H and O–H groups in total. The van der Waals surface area contributed by atoms with E-state index in [0.29, 0.717) is 10.7 Å². The summed E-state index contributed by atoms with van der Waals surface area (Å²) in [5, 5.41) is 9.41. The van der Waals surface area contributed by atoms with Crippen molar-refractivity contribution in [2.75, 3.05) is 17.8 Å². The van der Waals surface area contributed by atoms with E-state index in [1.807, 2.05) is 10.8 Å². The van der Waals surface area contributed by atoms with E-state index < -0.39 is 5.97 Å². The van der Waals surface area contributed by atoms with Crippen molar-refractivity contribution in [1.29, 1.82) is 0 Å². The number of fused-ring (bicyclic) bond motifs is 1. The summed E-state index contributed by atoms with van der Waals surface area (Å²) in [6.45, 7) is 0.755. The lowest BCUT2D eigenvalue weighted by molar-refractivity contribution is -0.133. The molecule has 4 nitrogen and oxygen atoms in total. The summed E-state index contributed by atoms with van der Waals surface area (Å²) < 4.78 is 15.2. The Bertz CT molecular complexity index is 616. The van der Waals surface area contributed by atoms with Gasteiger partial charge in [0.2, 0.25) is 0 Å². The van der Waals surface area contributed by atoms with Crippen LogP contribution < -0.4 is 0 Å². The first-order chi connectivity index (χ1) is 9.61. The number of benzene rings is 1. The molecule has 0 saturated carbocycles. The van der Waals surface area contributed by atoms with Crippen LogP contribution >= 0.6 is 23.5 Å². The van der Waals surface area contributed by atoms with Crippen LogP contribution in [0.25, 0.3) is 11.0 Å². The maximum atomic E-state index is 13.2. The molecule has 0 fully saturated rings. The zero-order valence-corrected chi connectivity index (χ0v) is 12.6. The third-order valence-corrected chi connectivity index (χ3v) is 4.39. The fourth-order valence-electron chi connectivity index (χ4n) is 1.90. The van der Waals surface area contributed by atoms with Crippen LogP contribution in [-0.2, 0) is 11.3 Å². The van der Waals surface area contributed by atoms with Crippen LogP contribution in [0.3, 0.4) is 0 Å². The number of carboxylic acid groups (broad SMARTS) is 1. The molecule has 1 aromatic heterocycles. The van der Waals surface area contributed by atoms with Gasteiger partial charge in [0.15, 0.2) is 5.16 Å². The molecule has 0 spiro atoms. The molecule has 0 aliphatic rings. The Hall–Kier alpha value is -1.21. The van der Waals surface area contributed by atoms with E-state index in [1.165, 1.54) is 23.9 Å². The van der Waals surface area contributed by atoms with Crippen LogP contribution in [0.2, 0.25) is 0 Å². The summed E-state index contributed by atoms with van der Waals surface area (Å²) in [5.74, 6) is -0.247. The predicted octanol–water partition coefficient (Wildman–Crippen LogP) is 3.11. The highest BCUT2D eigenvalue weighted by molar-refractivity contribution is 7.99. The summed E-state index contributed by atoms with van der Waals surface area (Å²) in [7, 11) is 0. The number of imidazole rings is 1. The number of aryl methyl sites for hydroxylation is 1. The molecule has 20 heavy (non-hydrogen) atoms. The standard InChI is InChI=1S/C13H15FN2O2S2/c1-19-6-2-5-16-11-4-3-9(14)7-10(11)15-13(16)20-8-12(17)18/h3-4,7H,2,5-6,8H2,1H3,(H,17,18). The van der Waals surface area contributed by atoms with Crippen molar-refractivity contribution in [3.05, 3.63) is 24.0 Å². The molecule has 1 aromatic carbocycles. The van der Waals surface area contributed by atoms with E-state index in [0.717, 1.165) is 24.2 Å². The number of nitrogens with zero attached hydrogens (tertiary/aromatic N) is 2. The van der Waals surface area contributed by atoms with E-state index in [4.69, 9.17) is 5.11 Å². The first kappa shape index (κ1) is 15.2. The number of carbonyl (C=O) groups is 1. The number of thioether (sulfide) groups is 2. The van der Waals surface area contributed by atoms with Crippen LogP contribution in [0.5, 0.6) is 0 Å². The largest absolute Gasteiger partial charge is 0.481 e. The van der Waals surface area contributed by atoms with Gasteiger partial charge < -0.3 is 9.67 Å². The molecular weight excluding hydrogens is 299 g/mol. The highest BCUT2D eigenvalue weighted by atomic mass is 32.2. The number of halogens is 1. The van der Waals surface area contributed by atoms with Crippen molar-refractivity contribution in [3.8, 4) is 0 Å². The second kappa shape index (κ2) is 6.99. The molecule has 2 rings (SSSR count). The molecule has 0 amide bonds. The van der Waals surface area contributed by atoms with Gasteiger partial charge in [0, 0.05) is 12.6 Å². The molecule has 0 bridgehead atoms. The topological polar surface area (TPSA) is 55.1 Å². The molecule has 0 saturated heterocycles. The molecule has 0 radical (unpaired) electrons. The molecule has 7 heteroatoms. The SMILES string of the molecule is CSCCCn1c(SCC(=O)O)nc2cc(F)ccc21. The minimum absolute atomic E-state index is 0.0473. The molecule has 0 unspecified atom stereocenters. The van der Waals surface area contributed by atoms with Crippen molar-refractivity contribution in [3.63, 3.8) is 0 Å². The minimum atomic E-state index is -0.885. The average molecular weight is 314 g/mol. The van der Waals surface area contributed by atoms with Gasteiger partial charge >= 0.3 is 5.97 Å². The Morgan fingerprint density at radius 1 is 1.50 bits per heavy atom. The average Bonchev–Trinajstić information content (AvgIpc) is 2.74. The highest BCUT2D eigenvalue weighted by Gasteiger charge is 2.13. The van der Waals surface area contributed by atoms with Crippen molar-refractivity contribution in [2.24, 2.45) is 0 Å². The van der Waals surface area contributed by atoms with E-state index in [9.17, 15) is 9.18 Å². The van der Waals surface area contributed by atoms with E-state index in [1.54, 1.807) is 17.8 Å². The Morgan fingerprint density at radius 2 is 2.30 bits per heavy atom. The third-order valence-electron chi connectivity index (χ3n) is 2.73. The van der Waals surface area contributed by atoms with Gasteiger partial charge in [-0.05, 0) is 30.6 Å². The summed E-state index contributed by atoms with van der Waals surface area (Å²) in [4.78, 5) is 15.0. The fourth-order valence-corrected chi connectivity index (χ4v) is 3.08. The normalized spacial score (nSPS) is 11.1. The number of carboxylic acids is 1. The second-order valence-corrected chi connectivity index (χ2v) is 6.14. The molecule has 0 aliphatic heterocycles. The van der Waals surface area contributed by atoms with Gasteiger partial charge in [-0.3, -0.25) is 4.79 Å². The van der Waals surface area contributed by atoms with Gasteiger partial charge in [-0.25, -0.2) is 9.37 Å². The molecule has 1 heterocycles. The zero-order valence-electron chi connectivity index (χ0n) is 11.0. The predicted molar refractivity (Wildman–Crippen MR) is 81.0 cm³/mol. The maximum absolute atomic E-state index is 13.2. The number of aromatic nitrogens is 2. The monoisotopic (exact) mass is 314 g/mol. The van der Waals surface area contributed by atoms with Gasteiger partial charge in [-0.2, -0.15) is 11.8 Å². The summed E-state index contributed by atoms with van der Waals surface area (Å²) in [6, 6.07) is 4.48. The Balaban J connectivity index is 2.31. The van der Waals surface area contributed by atoms with Crippen molar-refractivity contribution in [2.45, 2.75) is 18.1 Å². The van der Waals surface area contributed by atoms with Gasteiger partial charge in [-0.1, -0.05) is 11.8 Å². The second-order valence-electron chi connectivity index (χ2n) is 4.21. The summed E-state index contributed by atoms with van der Waals surface area (Å²) >= 11 is 2.93. The first-order valence-corrected chi connectivity index (χ1v) is 8.49.